The minimum atomic E-state index is -4.26. The van der Waals surface area contributed by atoms with Gasteiger partial charge in [-0.05, 0) is 35.4 Å². The molecule has 0 amide bonds. The molecule has 0 atom stereocenters. The summed E-state index contributed by atoms with van der Waals surface area (Å²) in [5.74, 6) is -1.59. The molecule has 0 aromatic heterocycles. The lowest BCUT2D eigenvalue weighted by molar-refractivity contribution is 0.101. The third kappa shape index (κ3) is 3.45. The lowest BCUT2D eigenvalue weighted by Crippen LogP contribution is -2.10. The molecule has 156 valence electrons. The fraction of sp³-hybridized carbons (Fsp3) is 0.158. The second-order valence-electron chi connectivity index (χ2n) is 6.86. The minimum absolute atomic E-state index is 0.0614. The number of benzene rings is 2. The lowest BCUT2D eigenvalue weighted by Gasteiger charge is -2.03. The number of rotatable bonds is 4. The van der Waals surface area contributed by atoms with Gasteiger partial charge in [-0.3, -0.25) is 18.3 Å². The normalized spacial score (nSPS) is 18.3. The first-order valence-electron chi connectivity index (χ1n) is 8.61. The third-order valence-electron chi connectivity index (χ3n) is 4.94. The second kappa shape index (κ2) is 6.84. The molecule has 11 heteroatoms. The van der Waals surface area contributed by atoms with E-state index in [1.54, 1.807) is 0 Å². The van der Waals surface area contributed by atoms with Crippen molar-refractivity contribution in [3.8, 4) is 0 Å². The first kappa shape index (κ1) is 20.4. The Bertz CT molecular complexity index is 1370. The summed E-state index contributed by atoms with van der Waals surface area (Å²) in [5.41, 5.74) is 1.83. The molecule has 9 nitrogen and oxygen atoms in total. The molecule has 0 saturated carbocycles. The Hall–Kier alpha value is -2.86. The minimum Gasteiger partial charge on any atom is -0.351 e. The van der Waals surface area contributed by atoms with Crippen LogP contribution in [0.25, 0.3) is 0 Å². The molecule has 1 aliphatic carbocycles. The topological polar surface area (TPSA) is 144 Å². The number of Topliss-reactive ketones (excluding diaryl/α,β-unsaturated/α-hetero) is 2. The summed E-state index contributed by atoms with van der Waals surface area (Å²) < 4.78 is 59.5. The van der Waals surface area contributed by atoms with Crippen LogP contribution in [0.1, 0.15) is 31.8 Å². The number of hydrogen-bond acceptors (Lipinski definition) is 8. The summed E-state index contributed by atoms with van der Waals surface area (Å²) in [6.45, 7) is 0. The van der Waals surface area contributed by atoms with E-state index < -0.39 is 37.6 Å². The summed E-state index contributed by atoms with van der Waals surface area (Å²) >= 11 is 0. The Labute approximate surface area is 172 Å². The quantitative estimate of drug-likeness (QED) is 0.405. The number of allylic oxidation sites excluding steroid dienone is 2. The fourth-order valence-corrected chi connectivity index (χ4v) is 4.83. The van der Waals surface area contributed by atoms with Gasteiger partial charge < -0.3 is 5.32 Å². The van der Waals surface area contributed by atoms with Gasteiger partial charge >= 0.3 is 0 Å². The highest BCUT2D eigenvalue weighted by Gasteiger charge is 2.35. The molecular weight excluding hydrogens is 434 g/mol. The van der Waals surface area contributed by atoms with Gasteiger partial charge in [-0.25, -0.2) is 0 Å². The van der Waals surface area contributed by atoms with Gasteiger partial charge in [0.1, 0.15) is 5.75 Å². The van der Waals surface area contributed by atoms with E-state index in [1.165, 1.54) is 36.4 Å². The molecule has 0 saturated heterocycles. The standard InChI is InChI=1S/C19H15NO8S2/c1-28-30(26,27)12-4-3-11-7-15(18(21)13(11)8-12)17-19(22)14-6-10(9-29(23,24)25)2-5-16(14)20-17/h2-6,8,20H,7,9H2,1H3,(H,23,24,25)/b17-15-. The fourth-order valence-electron chi connectivity index (χ4n) is 3.54. The molecule has 2 aromatic carbocycles. The maximum atomic E-state index is 12.9. The predicted octanol–water partition coefficient (Wildman–Crippen LogP) is 1.71. The van der Waals surface area contributed by atoms with Gasteiger partial charge in [0.25, 0.3) is 20.2 Å². The number of carbonyl (C=O) groups is 2. The molecule has 2 aliphatic rings. The predicted molar refractivity (Wildman–Crippen MR) is 105 cm³/mol. The average Bonchev–Trinajstić information content (AvgIpc) is 3.17. The monoisotopic (exact) mass is 449 g/mol. The Morgan fingerprint density at radius 1 is 1.00 bits per heavy atom. The maximum Gasteiger partial charge on any atom is 0.296 e. The van der Waals surface area contributed by atoms with Crippen molar-refractivity contribution in [3.05, 3.63) is 69.9 Å². The molecule has 0 radical (unpaired) electrons. The third-order valence-corrected chi connectivity index (χ3v) is 6.91. The highest BCUT2D eigenvalue weighted by Crippen LogP contribution is 2.36. The number of anilines is 1. The van der Waals surface area contributed by atoms with E-state index in [-0.39, 0.29) is 39.3 Å². The first-order chi connectivity index (χ1) is 14.0. The van der Waals surface area contributed by atoms with Gasteiger partial charge in [-0.1, -0.05) is 12.1 Å². The van der Waals surface area contributed by atoms with E-state index in [0.29, 0.717) is 11.3 Å². The van der Waals surface area contributed by atoms with E-state index in [4.69, 9.17) is 4.55 Å². The van der Waals surface area contributed by atoms with Crippen LogP contribution < -0.4 is 5.32 Å². The zero-order valence-corrected chi connectivity index (χ0v) is 17.1. The van der Waals surface area contributed by atoms with E-state index in [1.807, 2.05) is 0 Å². The lowest BCUT2D eigenvalue weighted by atomic mass is 10.0. The Kier molecular flexibility index (Phi) is 4.66. The SMILES string of the molecule is COS(=O)(=O)c1ccc2c(c1)C(=O)/C(=C1\Nc3ccc(CS(=O)(=O)O)cc3C1=O)C2. The number of ketones is 2. The van der Waals surface area contributed by atoms with Gasteiger partial charge in [-0.15, -0.1) is 0 Å². The molecule has 4 rings (SSSR count). The Balaban J connectivity index is 1.72. The van der Waals surface area contributed by atoms with E-state index >= 15 is 0 Å². The summed E-state index contributed by atoms with van der Waals surface area (Å²) in [4.78, 5) is 25.6. The van der Waals surface area contributed by atoms with Crippen LogP contribution in [0.5, 0.6) is 0 Å². The zero-order chi connectivity index (χ0) is 21.8. The van der Waals surface area contributed by atoms with E-state index in [2.05, 4.69) is 9.50 Å². The highest BCUT2D eigenvalue weighted by molar-refractivity contribution is 7.86. The molecule has 2 N–H and O–H groups in total. The first-order valence-corrected chi connectivity index (χ1v) is 11.6. The summed E-state index contributed by atoms with van der Waals surface area (Å²) in [5, 5.41) is 2.89. The van der Waals surface area contributed by atoms with Crippen molar-refractivity contribution in [2.45, 2.75) is 17.1 Å². The summed E-state index contributed by atoms with van der Waals surface area (Å²) in [7, 11) is -7.22. The molecule has 2 aromatic rings. The van der Waals surface area contributed by atoms with Crippen LogP contribution in [-0.2, 0) is 36.6 Å². The number of carbonyl (C=O) groups excluding carboxylic acids is 2. The molecule has 0 fully saturated rings. The second-order valence-corrected chi connectivity index (χ2v) is 10.0. The van der Waals surface area contributed by atoms with Crippen LogP contribution in [0.15, 0.2) is 52.6 Å². The van der Waals surface area contributed by atoms with Crippen LogP contribution >= 0.6 is 0 Å². The molecule has 0 unspecified atom stereocenters. The average molecular weight is 449 g/mol. The number of hydrogen-bond donors (Lipinski definition) is 2. The van der Waals surface area contributed by atoms with Crippen LogP contribution in [0.2, 0.25) is 0 Å². The van der Waals surface area contributed by atoms with E-state index in [9.17, 15) is 26.4 Å². The number of nitrogens with one attached hydrogen (secondary N) is 1. The van der Waals surface area contributed by atoms with Gasteiger partial charge in [0, 0.05) is 28.8 Å². The van der Waals surface area contributed by atoms with Crippen molar-refractivity contribution in [1.82, 2.24) is 0 Å². The van der Waals surface area contributed by atoms with Gasteiger partial charge in [-0.2, -0.15) is 16.8 Å². The molecule has 1 heterocycles. The zero-order valence-electron chi connectivity index (χ0n) is 15.5. The number of fused-ring (bicyclic) bond motifs is 2. The van der Waals surface area contributed by atoms with Crippen molar-refractivity contribution < 1.29 is 35.2 Å². The molecule has 1 aliphatic heterocycles. The Morgan fingerprint density at radius 3 is 2.40 bits per heavy atom. The molecule has 0 bridgehead atoms. The van der Waals surface area contributed by atoms with Crippen LogP contribution in [0.3, 0.4) is 0 Å². The molecule has 0 spiro atoms. The Morgan fingerprint density at radius 2 is 1.73 bits per heavy atom. The largest absolute Gasteiger partial charge is 0.351 e. The molecular formula is C19H15NO8S2. The van der Waals surface area contributed by atoms with Crippen LogP contribution in [-0.4, -0.2) is 40.1 Å². The maximum absolute atomic E-state index is 12.9. The van der Waals surface area contributed by atoms with Crippen molar-refractivity contribution in [3.63, 3.8) is 0 Å². The van der Waals surface area contributed by atoms with E-state index in [0.717, 1.165) is 7.11 Å². The van der Waals surface area contributed by atoms with Crippen LogP contribution in [0.4, 0.5) is 5.69 Å². The summed E-state index contributed by atoms with van der Waals surface area (Å²) in [6, 6.07) is 8.36. The van der Waals surface area contributed by atoms with Gasteiger partial charge in [0.2, 0.25) is 5.78 Å². The highest BCUT2D eigenvalue weighted by atomic mass is 32.2. The summed E-state index contributed by atoms with van der Waals surface area (Å²) in [6.07, 6.45) is 0.140. The van der Waals surface area contributed by atoms with Crippen molar-refractivity contribution in [1.29, 1.82) is 0 Å². The van der Waals surface area contributed by atoms with Crippen molar-refractivity contribution >= 4 is 37.5 Å². The van der Waals surface area contributed by atoms with Gasteiger partial charge in [0.05, 0.1) is 17.7 Å². The van der Waals surface area contributed by atoms with Crippen molar-refractivity contribution in [2.24, 2.45) is 0 Å². The van der Waals surface area contributed by atoms with Crippen LogP contribution in [0, 0.1) is 0 Å². The van der Waals surface area contributed by atoms with Gasteiger partial charge in [0.15, 0.2) is 5.78 Å². The van der Waals surface area contributed by atoms with Crippen molar-refractivity contribution in [2.75, 3.05) is 12.4 Å². The smallest absolute Gasteiger partial charge is 0.296 e. The molecule has 30 heavy (non-hydrogen) atoms.